The highest BCUT2D eigenvalue weighted by molar-refractivity contribution is 5.94. The predicted octanol–water partition coefficient (Wildman–Crippen LogP) is 4.11. The molecule has 0 spiro atoms. The summed E-state index contributed by atoms with van der Waals surface area (Å²) in [4.78, 5) is 4.24. The van der Waals surface area contributed by atoms with Crippen LogP contribution in [0, 0.1) is 0 Å². The summed E-state index contributed by atoms with van der Waals surface area (Å²) in [6.45, 7) is 0. The fraction of sp³-hybridized carbons (Fsp3) is 0.400. The summed E-state index contributed by atoms with van der Waals surface area (Å²) in [7, 11) is 0. The van der Waals surface area contributed by atoms with E-state index in [-0.39, 0.29) is 18.2 Å². The van der Waals surface area contributed by atoms with Crippen LogP contribution in [0.3, 0.4) is 0 Å². The first-order valence-corrected chi connectivity index (χ1v) is 6.68. The zero-order chi connectivity index (χ0) is 12.4. The molecule has 0 amide bonds. The average Bonchev–Trinajstić information content (AvgIpc) is 2.41. The number of rotatable bonds is 2. The second-order valence-electron chi connectivity index (χ2n) is 5.01. The van der Waals surface area contributed by atoms with Crippen LogP contribution in [-0.2, 0) is 0 Å². The number of pyridine rings is 1. The molecule has 102 valence electrons. The van der Waals surface area contributed by atoms with Crippen LogP contribution in [0.2, 0.25) is 0 Å². The zero-order valence-corrected chi connectivity index (χ0v) is 11.6. The summed E-state index contributed by atoms with van der Waals surface area (Å²) in [6.07, 6.45) is 8.21. The van der Waals surface area contributed by atoms with Gasteiger partial charge in [0, 0.05) is 23.3 Å². The van der Waals surface area contributed by atoms with Crippen molar-refractivity contribution in [2.45, 2.75) is 38.1 Å². The molecular formula is C15H19ClN2O. The minimum atomic E-state index is 0. The molecule has 1 heterocycles. The van der Waals surface area contributed by atoms with Gasteiger partial charge in [-0.05, 0) is 25.0 Å². The Labute approximate surface area is 119 Å². The first-order chi connectivity index (χ1) is 8.84. The van der Waals surface area contributed by atoms with Gasteiger partial charge in [-0.2, -0.15) is 0 Å². The van der Waals surface area contributed by atoms with Crippen molar-refractivity contribution in [2.75, 3.05) is 5.32 Å². The smallest absolute Gasteiger partial charge is 0.141 e. The number of aromatic hydroxyl groups is 1. The van der Waals surface area contributed by atoms with Crippen LogP contribution in [0.1, 0.15) is 32.1 Å². The number of phenolic OH excluding ortho intramolecular Hbond substituents is 1. The molecule has 1 saturated carbocycles. The largest absolute Gasteiger partial charge is 0.506 e. The van der Waals surface area contributed by atoms with Gasteiger partial charge in [-0.3, -0.25) is 4.98 Å². The third-order valence-corrected chi connectivity index (χ3v) is 3.71. The lowest BCUT2D eigenvalue weighted by Gasteiger charge is -2.24. The lowest BCUT2D eigenvalue weighted by Crippen LogP contribution is -2.22. The Morgan fingerprint density at radius 2 is 1.89 bits per heavy atom. The van der Waals surface area contributed by atoms with Gasteiger partial charge in [0.25, 0.3) is 0 Å². The zero-order valence-electron chi connectivity index (χ0n) is 10.8. The number of aromatic nitrogens is 1. The molecule has 0 unspecified atom stereocenters. The van der Waals surface area contributed by atoms with E-state index in [1.807, 2.05) is 18.2 Å². The number of nitrogens with zero attached hydrogens (tertiary/aromatic N) is 1. The fourth-order valence-corrected chi connectivity index (χ4v) is 2.75. The lowest BCUT2D eigenvalue weighted by atomic mass is 9.95. The quantitative estimate of drug-likeness (QED) is 0.869. The lowest BCUT2D eigenvalue weighted by molar-refractivity contribution is 0.463. The SMILES string of the molecule is Cl.Oc1cccc2c(NC3CCCCC3)ccnc12. The highest BCUT2D eigenvalue weighted by Crippen LogP contribution is 2.30. The van der Waals surface area contributed by atoms with Crippen molar-refractivity contribution in [3.05, 3.63) is 30.5 Å². The van der Waals surface area contributed by atoms with E-state index in [0.29, 0.717) is 11.6 Å². The van der Waals surface area contributed by atoms with Gasteiger partial charge in [-0.1, -0.05) is 31.4 Å². The molecule has 0 atom stereocenters. The van der Waals surface area contributed by atoms with Crippen molar-refractivity contribution >= 4 is 29.0 Å². The van der Waals surface area contributed by atoms with Crippen LogP contribution in [-0.4, -0.2) is 16.1 Å². The summed E-state index contributed by atoms with van der Waals surface area (Å²) < 4.78 is 0. The first-order valence-electron chi connectivity index (χ1n) is 6.68. The monoisotopic (exact) mass is 278 g/mol. The van der Waals surface area contributed by atoms with Gasteiger partial charge in [0.15, 0.2) is 0 Å². The van der Waals surface area contributed by atoms with Crippen LogP contribution < -0.4 is 5.32 Å². The summed E-state index contributed by atoms with van der Waals surface area (Å²) >= 11 is 0. The summed E-state index contributed by atoms with van der Waals surface area (Å²) in [5, 5.41) is 14.4. The minimum Gasteiger partial charge on any atom is -0.506 e. The fourth-order valence-electron chi connectivity index (χ4n) is 2.75. The molecule has 2 aromatic rings. The number of fused-ring (bicyclic) bond motifs is 1. The normalized spacial score (nSPS) is 16.0. The number of hydrogen-bond donors (Lipinski definition) is 2. The molecule has 2 N–H and O–H groups in total. The van der Waals surface area contributed by atoms with Gasteiger partial charge in [0.2, 0.25) is 0 Å². The number of phenols is 1. The van der Waals surface area contributed by atoms with E-state index >= 15 is 0 Å². The Bertz CT molecular complexity index is 553. The Hall–Kier alpha value is -1.48. The number of nitrogens with one attached hydrogen (secondary N) is 1. The number of para-hydroxylation sites is 1. The van der Waals surface area contributed by atoms with Crippen molar-refractivity contribution < 1.29 is 5.11 Å². The van der Waals surface area contributed by atoms with E-state index < -0.39 is 0 Å². The Balaban J connectivity index is 0.00000133. The molecular weight excluding hydrogens is 260 g/mol. The first kappa shape index (κ1) is 13.9. The molecule has 4 heteroatoms. The molecule has 1 aliphatic carbocycles. The maximum absolute atomic E-state index is 9.81. The molecule has 0 saturated heterocycles. The van der Waals surface area contributed by atoms with Gasteiger partial charge in [-0.25, -0.2) is 0 Å². The van der Waals surface area contributed by atoms with Gasteiger partial charge < -0.3 is 10.4 Å². The molecule has 3 nitrogen and oxygen atoms in total. The van der Waals surface area contributed by atoms with E-state index in [2.05, 4.69) is 10.3 Å². The van der Waals surface area contributed by atoms with E-state index in [1.54, 1.807) is 12.3 Å². The summed E-state index contributed by atoms with van der Waals surface area (Å²) in [5.74, 6) is 0.250. The van der Waals surface area contributed by atoms with Crippen molar-refractivity contribution in [1.29, 1.82) is 0 Å². The molecule has 0 radical (unpaired) electrons. The molecule has 1 aromatic carbocycles. The van der Waals surface area contributed by atoms with Crippen LogP contribution in [0.4, 0.5) is 5.69 Å². The molecule has 3 rings (SSSR count). The van der Waals surface area contributed by atoms with Gasteiger partial charge >= 0.3 is 0 Å². The van der Waals surface area contributed by atoms with Crippen LogP contribution in [0.25, 0.3) is 10.9 Å². The number of hydrogen-bond acceptors (Lipinski definition) is 3. The van der Waals surface area contributed by atoms with Gasteiger partial charge in [-0.15, -0.1) is 12.4 Å². The molecule has 1 aliphatic rings. The van der Waals surface area contributed by atoms with Crippen LogP contribution >= 0.6 is 12.4 Å². The standard InChI is InChI=1S/C15H18N2O.ClH/c18-14-8-4-7-12-13(9-10-16-15(12)14)17-11-5-2-1-3-6-11;/h4,7-11,18H,1-3,5-6H2,(H,16,17);1H. The van der Waals surface area contributed by atoms with Crippen LogP contribution in [0.5, 0.6) is 5.75 Å². The van der Waals surface area contributed by atoms with Crippen LogP contribution in [0.15, 0.2) is 30.5 Å². The van der Waals surface area contributed by atoms with E-state index in [0.717, 1.165) is 11.1 Å². The Morgan fingerprint density at radius 3 is 2.68 bits per heavy atom. The second-order valence-corrected chi connectivity index (χ2v) is 5.01. The highest BCUT2D eigenvalue weighted by Gasteiger charge is 2.14. The molecule has 0 bridgehead atoms. The topological polar surface area (TPSA) is 45.1 Å². The van der Waals surface area contributed by atoms with Gasteiger partial charge in [0.05, 0.1) is 0 Å². The Morgan fingerprint density at radius 1 is 1.11 bits per heavy atom. The highest BCUT2D eigenvalue weighted by atomic mass is 35.5. The maximum atomic E-state index is 9.81. The minimum absolute atomic E-state index is 0. The third kappa shape index (κ3) is 2.92. The molecule has 0 aliphatic heterocycles. The van der Waals surface area contributed by atoms with Crippen molar-refractivity contribution in [3.63, 3.8) is 0 Å². The van der Waals surface area contributed by atoms with E-state index in [1.165, 1.54) is 32.1 Å². The number of halogens is 1. The maximum Gasteiger partial charge on any atom is 0.141 e. The number of benzene rings is 1. The molecule has 19 heavy (non-hydrogen) atoms. The van der Waals surface area contributed by atoms with Gasteiger partial charge in [0.1, 0.15) is 11.3 Å². The second kappa shape index (κ2) is 6.11. The van der Waals surface area contributed by atoms with Crippen molar-refractivity contribution in [2.24, 2.45) is 0 Å². The van der Waals surface area contributed by atoms with Crippen molar-refractivity contribution in [3.8, 4) is 5.75 Å². The van der Waals surface area contributed by atoms with E-state index in [9.17, 15) is 5.11 Å². The summed E-state index contributed by atoms with van der Waals surface area (Å²) in [5.41, 5.74) is 1.76. The third-order valence-electron chi connectivity index (χ3n) is 3.71. The Kier molecular flexibility index (Phi) is 4.48. The average molecular weight is 279 g/mol. The summed E-state index contributed by atoms with van der Waals surface area (Å²) in [6, 6.07) is 8.11. The molecule has 1 fully saturated rings. The predicted molar refractivity (Wildman–Crippen MR) is 81.2 cm³/mol. The number of anilines is 1. The molecule has 1 aromatic heterocycles. The van der Waals surface area contributed by atoms with Crippen molar-refractivity contribution in [1.82, 2.24) is 4.98 Å². The van der Waals surface area contributed by atoms with E-state index in [4.69, 9.17) is 0 Å².